The van der Waals surface area contributed by atoms with Crippen molar-refractivity contribution in [3.8, 4) is 17.3 Å². The number of aromatic nitrogens is 5. The van der Waals surface area contributed by atoms with Gasteiger partial charge in [-0.05, 0) is 24.8 Å². The number of rotatable bonds is 9. The molecule has 0 aromatic carbocycles. The van der Waals surface area contributed by atoms with E-state index < -0.39 is 8.07 Å². The molecule has 0 saturated heterocycles. The molecule has 8 heteroatoms. The summed E-state index contributed by atoms with van der Waals surface area (Å²) in [5, 5.41) is 15.0. The number of fused-ring (bicyclic) bond motifs is 1. The molecule has 0 spiro atoms. The molecule has 3 heterocycles. The zero-order chi connectivity index (χ0) is 21.8. The Kier molecular flexibility index (Phi) is 6.53. The quantitative estimate of drug-likeness (QED) is 0.338. The summed E-state index contributed by atoms with van der Waals surface area (Å²) in [5.41, 5.74) is 2.71. The Bertz CT molecular complexity index is 1050. The molecule has 4 rings (SSSR count). The molecule has 0 amide bonds. The maximum atomic E-state index is 9.34. The van der Waals surface area contributed by atoms with E-state index >= 15 is 0 Å². The van der Waals surface area contributed by atoms with Gasteiger partial charge in [0.1, 0.15) is 18.7 Å². The molecule has 1 saturated carbocycles. The van der Waals surface area contributed by atoms with Gasteiger partial charge < -0.3 is 9.30 Å². The standard InChI is InChI=1S/C23H32N6OSi/c1-31(2,3)13-12-30-17-28-11-9-20-22(25-16-26-23(20)28)19-14-27-29(15-19)21(8-10-24)18-6-4-5-7-18/h9,11,14-16,18,21H,4-8,12-13,17H2,1-3H3/q-1. The first kappa shape index (κ1) is 21.7. The Hall–Kier alpha value is -2.50. The summed E-state index contributed by atoms with van der Waals surface area (Å²) >= 11 is 0. The largest absolute Gasteiger partial charge is 0.364 e. The fourth-order valence-electron chi connectivity index (χ4n) is 4.43. The van der Waals surface area contributed by atoms with E-state index in [-0.39, 0.29) is 6.04 Å². The lowest BCUT2D eigenvalue weighted by atomic mass is 9.96. The Morgan fingerprint density at radius 1 is 1.26 bits per heavy atom. The van der Waals surface area contributed by atoms with Crippen molar-refractivity contribution in [2.45, 2.75) is 70.6 Å². The second-order valence-electron chi connectivity index (χ2n) is 9.78. The molecular formula is C23H32N6OSi-. The van der Waals surface area contributed by atoms with Crippen molar-refractivity contribution >= 4 is 19.1 Å². The third-order valence-corrected chi connectivity index (χ3v) is 7.95. The van der Waals surface area contributed by atoms with E-state index in [1.807, 2.05) is 33.9 Å². The van der Waals surface area contributed by atoms with Crippen LogP contribution in [0.25, 0.3) is 22.3 Å². The van der Waals surface area contributed by atoms with Gasteiger partial charge in [0.2, 0.25) is 0 Å². The van der Waals surface area contributed by atoms with E-state index in [1.165, 1.54) is 25.7 Å². The smallest absolute Gasteiger partial charge is 0.145 e. The molecule has 0 bridgehead atoms. The van der Waals surface area contributed by atoms with E-state index in [4.69, 9.17) is 4.74 Å². The van der Waals surface area contributed by atoms with Crippen LogP contribution < -0.4 is 0 Å². The van der Waals surface area contributed by atoms with Gasteiger partial charge in [-0.25, -0.2) is 9.97 Å². The van der Waals surface area contributed by atoms with Gasteiger partial charge >= 0.3 is 0 Å². The Balaban J connectivity index is 1.54. The van der Waals surface area contributed by atoms with Crippen LogP contribution in [0.15, 0.2) is 31.0 Å². The van der Waals surface area contributed by atoms with Gasteiger partial charge in [0, 0.05) is 30.0 Å². The molecule has 3 aromatic heterocycles. The molecule has 1 atom stereocenters. The molecule has 0 N–H and O–H groups in total. The minimum atomic E-state index is -1.10. The maximum absolute atomic E-state index is 9.34. The lowest BCUT2D eigenvalue weighted by Crippen LogP contribution is -2.22. The van der Waals surface area contributed by atoms with Crippen molar-refractivity contribution in [2.75, 3.05) is 6.61 Å². The van der Waals surface area contributed by atoms with Crippen LogP contribution in [0.3, 0.4) is 0 Å². The minimum absolute atomic E-state index is 0.142. The Morgan fingerprint density at radius 3 is 2.81 bits per heavy atom. The van der Waals surface area contributed by atoms with Gasteiger partial charge in [0.15, 0.2) is 0 Å². The molecule has 1 unspecified atom stereocenters. The highest BCUT2D eigenvalue weighted by Gasteiger charge is 2.27. The summed E-state index contributed by atoms with van der Waals surface area (Å²) in [6.07, 6.45) is 12.9. The summed E-state index contributed by atoms with van der Waals surface area (Å²) in [7, 11) is -1.10. The number of nitriles is 1. The van der Waals surface area contributed by atoms with E-state index in [0.717, 1.165) is 34.9 Å². The van der Waals surface area contributed by atoms with Gasteiger partial charge in [-0.1, -0.05) is 12.8 Å². The number of hydrogen-bond acceptors (Lipinski definition) is 5. The SMILES string of the molecule is C[Si-](C)(C)CCOCn1ccc2c(-c3cnn(C(CC#N)C4CCCC4)c3)ncnc21. The Morgan fingerprint density at radius 2 is 2.06 bits per heavy atom. The van der Waals surface area contributed by atoms with Gasteiger partial charge in [-0.3, -0.25) is 4.68 Å². The van der Waals surface area contributed by atoms with Crippen LogP contribution >= 0.6 is 0 Å². The highest BCUT2D eigenvalue weighted by atomic mass is 28.3. The van der Waals surface area contributed by atoms with Crippen LogP contribution in [-0.2, 0) is 11.5 Å². The summed E-state index contributed by atoms with van der Waals surface area (Å²) in [6.45, 7) is 8.34. The molecule has 31 heavy (non-hydrogen) atoms. The average molecular weight is 437 g/mol. The van der Waals surface area contributed by atoms with E-state index in [2.05, 4.69) is 40.8 Å². The second kappa shape index (κ2) is 9.33. The monoisotopic (exact) mass is 436 g/mol. The van der Waals surface area contributed by atoms with E-state index in [0.29, 0.717) is 19.1 Å². The summed E-state index contributed by atoms with van der Waals surface area (Å²) in [4.78, 5) is 9.06. The summed E-state index contributed by atoms with van der Waals surface area (Å²) < 4.78 is 9.94. The molecule has 1 fully saturated rings. The van der Waals surface area contributed by atoms with Crippen LogP contribution in [0.5, 0.6) is 0 Å². The van der Waals surface area contributed by atoms with Crippen LogP contribution in [-0.4, -0.2) is 39.0 Å². The molecule has 165 valence electrons. The highest BCUT2D eigenvalue weighted by molar-refractivity contribution is 6.76. The van der Waals surface area contributed by atoms with Crippen molar-refractivity contribution in [1.29, 1.82) is 5.26 Å². The van der Waals surface area contributed by atoms with Gasteiger partial charge in [-0.15, -0.1) is 14.1 Å². The molecular weight excluding hydrogens is 404 g/mol. The van der Waals surface area contributed by atoms with Crippen molar-refractivity contribution in [3.63, 3.8) is 0 Å². The zero-order valence-corrected chi connectivity index (χ0v) is 19.8. The van der Waals surface area contributed by atoms with E-state index in [1.54, 1.807) is 6.33 Å². The van der Waals surface area contributed by atoms with Crippen LogP contribution in [0.4, 0.5) is 0 Å². The first-order valence-corrected chi connectivity index (χ1v) is 15.0. The molecule has 1 aliphatic rings. The molecule has 0 aliphatic heterocycles. The normalized spacial score (nSPS) is 16.1. The third kappa shape index (κ3) is 5.05. The minimum Gasteiger partial charge on any atom is -0.364 e. The van der Waals surface area contributed by atoms with Crippen LogP contribution in [0.1, 0.15) is 38.1 Å². The van der Waals surface area contributed by atoms with Crippen LogP contribution in [0.2, 0.25) is 25.7 Å². The van der Waals surface area contributed by atoms with E-state index in [9.17, 15) is 5.26 Å². The molecule has 1 aliphatic carbocycles. The summed E-state index contributed by atoms with van der Waals surface area (Å²) in [6, 6.07) is 5.70. The third-order valence-electron chi connectivity index (χ3n) is 6.24. The predicted molar refractivity (Wildman–Crippen MR) is 124 cm³/mol. The lowest BCUT2D eigenvalue weighted by molar-refractivity contribution is 0.0899. The van der Waals surface area contributed by atoms with Crippen LogP contribution in [0, 0.1) is 17.2 Å². The predicted octanol–water partition coefficient (Wildman–Crippen LogP) is 5.25. The average Bonchev–Trinajstić information content (AvgIpc) is 3.50. The zero-order valence-electron chi connectivity index (χ0n) is 18.8. The van der Waals surface area contributed by atoms with Gasteiger partial charge in [0.05, 0.1) is 30.4 Å². The topological polar surface area (TPSA) is 81.5 Å². The fraction of sp³-hybridized carbons (Fsp3) is 0.565. The highest BCUT2D eigenvalue weighted by Crippen LogP contribution is 2.36. The van der Waals surface area contributed by atoms with Crippen molar-refractivity contribution in [2.24, 2.45) is 5.92 Å². The molecule has 3 aromatic rings. The van der Waals surface area contributed by atoms with Crippen molar-refractivity contribution < 1.29 is 4.74 Å². The van der Waals surface area contributed by atoms with Gasteiger partial charge in [-0.2, -0.15) is 30.0 Å². The first-order chi connectivity index (χ1) is 15.0. The molecule has 0 radical (unpaired) electrons. The van der Waals surface area contributed by atoms with Crippen molar-refractivity contribution in [1.82, 2.24) is 24.3 Å². The summed E-state index contributed by atoms with van der Waals surface area (Å²) in [5.74, 6) is 0.534. The number of hydrogen-bond donors (Lipinski definition) is 0. The van der Waals surface area contributed by atoms with Gasteiger partial charge in [0.25, 0.3) is 0 Å². The number of ether oxygens (including phenoxy) is 1. The number of nitrogens with zero attached hydrogens (tertiary/aromatic N) is 6. The van der Waals surface area contributed by atoms with Crippen molar-refractivity contribution in [3.05, 3.63) is 31.0 Å². The molecule has 7 nitrogen and oxygen atoms in total. The first-order valence-electron chi connectivity index (χ1n) is 11.3. The second-order valence-corrected chi connectivity index (χ2v) is 15.4. The fourth-order valence-corrected chi connectivity index (χ4v) is 5.19. The maximum Gasteiger partial charge on any atom is 0.145 e. The lowest BCUT2D eigenvalue weighted by Gasteiger charge is -2.26. The Labute approximate surface area is 185 Å².